The zero-order chi connectivity index (χ0) is 18.4. The zero-order valence-corrected chi connectivity index (χ0v) is 13.4. The van der Waals surface area contributed by atoms with Crippen LogP contribution in [0.5, 0.6) is 0 Å². The maximum absolute atomic E-state index is 10.9. The van der Waals surface area contributed by atoms with Gasteiger partial charge < -0.3 is 25.8 Å². The molecule has 4 atom stereocenters. The Balaban J connectivity index is 1.94. The van der Waals surface area contributed by atoms with Gasteiger partial charge in [0, 0.05) is 0 Å². The van der Waals surface area contributed by atoms with Gasteiger partial charge in [-0.3, -0.25) is 4.18 Å². The second kappa shape index (κ2) is 6.41. The molecule has 3 heterocycles. The highest BCUT2D eigenvalue weighted by atomic mass is 32.2. The molecule has 0 saturated carbocycles. The van der Waals surface area contributed by atoms with E-state index in [1.807, 2.05) is 0 Å². The molecule has 0 spiro atoms. The highest BCUT2D eigenvalue weighted by Gasteiger charge is 2.45. The van der Waals surface area contributed by atoms with Gasteiger partial charge in [0.1, 0.15) is 36.2 Å². The minimum atomic E-state index is -4.24. The summed E-state index contributed by atoms with van der Waals surface area (Å²) in [5, 5.41) is 38.8. The molecule has 14 heteroatoms. The normalized spacial score (nSPS) is 27.2. The average molecular weight is 376 g/mol. The Morgan fingerprint density at radius 1 is 1.32 bits per heavy atom. The van der Waals surface area contributed by atoms with Crippen molar-refractivity contribution >= 4 is 27.2 Å². The summed E-state index contributed by atoms with van der Waals surface area (Å²) in [5.74, 6) is 0.0717. The molecule has 0 radical (unpaired) electrons. The van der Waals surface area contributed by atoms with Gasteiger partial charge in [-0.2, -0.15) is 13.5 Å². The van der Waals surface area contributed by atoms with Crippen molar-refractivity contribution in [1.29, 1.82) is 0 Å². The second-order valence-corrected chi connectivity index (χ2v) is 6.55. The molecule has 1 saturated heterocycles. The number of aliphatic hydroxyl groups excluding tert-OH is 3. The molecule has 3 rings (SSSR count). The Bertz CT molecular complexity index is 886. The number of hydrogen-bond acceptors (Lipinski definition) is 11. The summed E-state index contributed by atoms with van der Waals surface area (Å²) in [6.45, 7) is -1.07. The minimum Gasteiger partial charge on any atom is -0.390 e. The number of nitrogen functional groups attached to an aromatic ring is 1. The Labute approximate surface area is 141 Å². The molecule has 0 unspecified atom stereocenters. The number of hydrogen-bond donors (Lipinski definition) is 5. The fourth-order valence-electron chi connectivity index (χ4n) is 2.59. The van der Waals surface area contributed by atoms with Gasteiger partial charge in [0.25, 0.3) is 0 Å². The van der Waals surface area contributed by atoms with E-state index in [1.54, 1.807) is 0 Å². The Kier molecular flexibility index (Phi) is 4.58. The molecule has 25 heavy (non-hydrogen) atoms. The fourth-order valence-corrected chi connectivity index (χ4v) is 2.91. The number of nitrogens with two attached hydrogens (primary N) is 2. The predicted octanol–water partition coefficient (Wildman–Crippen LogP) is -3.26. The number of ether oxygens (including phenoxy) is 1. The molecule has 2 aromatic rings. The van der Waals surface area contributed by atoms with Gasteiger partial charge in [-0.15, -0.1) is 0 Å². The number of aromatic nitrogens is 4. The molecule has 0 aliphatic carbocycles. The van der Waals surface area contributed by atoms with Gasteiger partial charge in [0.05, 0.1) is 18.6 Å². The first-order valence-corrected chi connectivity index (χ1v) is 8.47. The van der Waals surface area contributed by atoms with E-state index >= 15 is 0 Å². The smallest absolute Gasteiger partial charge is 0.333 e. The van der Waals surface area contributed by atoms with Crippen molar-refractivity contribution in [2.75, 3.05) is 12.3 Å². The van der Waals surface area contributed by atoms with E-state index in [2.05, 4.69) is 19.2 Å². The van der Waals surface area contributed by atoms with Gasteiger partial charge in [-0.25, -0.2) is 19.8 Å². The van der Waals surface area contributed by atoms with Gasteiger partial charge in [0.15, 0.2) is 11.9 Å². The fraction of sp³-hybridized carbons (Fsp3) is 0.545. The molecule has 13 nitrogen and oxygen atoms in total. The summed E-state index contributed by atoms with van der Waals surface area (Å²) in [6, 6.07) is 0. The Morgan fingerprint density at radius 2 is 2.04 bits per heavy atom. The molecule has 1 aliphatic heterocycles. The van der Waals surface area contributed by atoms with Crippen LogP contribution in [0.15, 0.2) is 6.33 Å². The first kappa shape index (κ1) is 17.9. The lowest BCUT2D eigenvalue weighted by Crippen LogP contribution is -2.35. The van der Waals surface area contributed by atoms with Gasteiger partial charge in [-0.05, 0) is 0 Å². The maximum atomic E-state index is 10.9. The van der Waals surface area contributed by atoms with Gasteiger partial charge >= 0.3 is 10.3 Å². The number of rotatable bonds is 5. The summed E-state index contributed by atoms with van der Waals surface area (Å²) in [5.41, 5.74) is 6.08. The van der Waals surface area contributed by atoms with Crippen molar-refractivity contribution in [3.8, 4) is 0 Å². The highest BCUT2D eigenvalue weighted by Crippen LogP contribution is 2.33. The van der Waals surface area contributed by atoms with Crippen LogP contribution in [0.25, 0.3) is 11.0 Å². The Morgan fingerprint density at radius 3 is 2.68 bits per heavy atom. The van der Waals surface area contributed by atoms with Crippen LogP contribution in [0, 0.1) is 0 Å². The number of aliphatic hydroxyl groups is 3. The standard InChI is InChI=1S/C11H16N6O7S/c12-9-6-4(1-18)16-17(10(6)15-3-14-9)11-8(20)7(19)5(24-11)2-23-25(13,21)22/h3,5,7-8,11,18-20H,1-2H2,(H2,12,14,15)(H2,13,21,22)/t5-,7-,8-,11-/m1/s1. The molecule has 0 aromatic carbocycles. The Hall–Kier alpha value is -1.94. The van der Waals surface area contributed by atoms with E-state index in [1.165, 1.54) is 0 Å². The summed E-state index contributed by atoms with van der Waals surface area (Å²) in [7, 11) is -4.24. The molecular formula is C11H16N6O7S. The second-order valence-electron chi connectivity index (χ2n) is 5.33. The van der Waals surface area contributed by atoms with Crippen LogP contribution in [-0.4, -0.2) is 68.4 Å². The van der Waals surface area contributed by atoms with Crippen LogP contribution in [-0.2, 0) is 25.8 Å². The molecule has 138 valence electrons. The quantitative estimate of drug-likeness (QED) is 0.349. The van der Waals surface area contributed by atoms with Crippen LogP contribution in [0.1, 0.15) is 11.9 Å². The van der Waals surface area contributed by atoms with E-state index < -0.39 is 48.1 Å². The first-order chi connectivity index (χ1) is 11.7. The summed E-state index contributed by atoms with van der Waals surface area (Å²) < 4.78 is 32.7. The van der Waals surface area contributed by atoms with Crippen molar-refractivity contribution in [1.82, 2.24) is 19.7 Å². The van der Waals surface area contributed by atoms with E-state index in [4.69, 9.17) is 15.6 Å². The van der Waals surface area contributed by atoms with E-state index in [9.17, 15) is 23.7 Å². The molecule has 0 bridgehead atoms. The van der Waals surface area contributed by atoms with Gasteiger partial charge in [-0.1, -0.05) is 0 Å². The highest BCUT2D eigenvalue weighted by molar-refractivity contribution is 7.84. The number of fused-ring (bicyclic) bond motifs is 1. The summed E-state index contributed by atoms with van der Waals surface area (Å²) in [4.78, 5) is 7.81. The van der Waals surface area contributed by atoms with Crippen LogP contribution >= 0.6 is 0 Å². The van der Waals surface area contributed by atoms with Crippen LogP contribution in [0.4, 0.5) is 5.82 Å². The molecular weight excluding hydrogens is 360 g/mol. The largest absolute Gasteiger partial charge is 0.390 e. The number of anilines is 1. The summed E-state index contributed by atoms with van der Waals surface area (Å²) in [6.07, 6.45) is -4.19. The lowest BCUT2D eigenvalue weighted by atomic mass is 10.1. The molecule has 1 aliphatic rings. The van der Waals surface area contributed by atoms with Gasteiger partial charge in [0.2, 0.25) is 0 Å². The van der Waals surface area contributed by atoms with Crippen LogP contribution in [0.2, 0.25) is 0 Å². The van der Waals surface area contributed by atoms with Crippen molar-refractivity contribution in [3.05, 3.63) is 12.0 Å². The van der Waals surface area contributed by atoms with Crippen LogP contribution in [0.3, 0.4) is 0 Å². The molecule has 2 aromatic heterocycles. The van der Waals surface area contributed by atoms with E-state index in [0.717, 1.165) is 11.0 Å². The third kappa shape index (κ3) is 3.28. The molecule has 7 N–H and O–H groups in total. The van der Waals surface area contributed by atoms with Crippen LogP contribution < -0.4 is 10.9 Å². The monoisotopic (exact) mass is 376 g/mol. The SMILES string of the molecule is Nc1ncnc2c1c(CO)nn2[C@@H]1O[C@H](COS(N)(=O)=O)[C@@H](O)[C@H]1O. The van der Waals surface area contributed by atoms with Crippen molar-refractivity contribution < 1.29 is 32.7 Å². The van der Waals surface area contributed by atoms with Crippen molar-refractivity contribution in [3.63, 3.8) is 0 Å². The van der Waals surface area contributed by atoms with Crippen molar-refractivity contribution in [2.45, 2.75) is 31.1 Å². The van der Waals surface area contributed by atoms with E-state index in [-0.39, 0.29) is 22.5 Å². The molecule has 0 amide bonds. The third-order valence-electron chi connectivity index (χ3n) is 3.72. The molecule has 1 fully saturated rings. The topological polar surface area (TPSA) is 209 Å². The lowest BCUT2D eigenvalue weighted by molar-refractivity contribution is -0.0529. The minimum absolute atomic E-state index is 0.0717. The lowest BCUT2D eigenvalue weighted by Gasteiger charge is -2.15. The average Bonchev–Trinajstić information content (AvgIpc) is 3.05. The summed E-state index contributed by atoms with van der Waals surface area (Å²) >= 11 is 0. The number of nitrogens with zero attached hydrogens (tertiary/aromatic N) is 4. The van der Waals surface area contributed by atoms with E-state index in [0.29, 0.717) is 0 Å². The maximum Gasteiger partial charge on any atom is 0.333 e. The first-order valence-electron chi connectivity index (χ1n) is 7.00. The predicted molar refractivity (Wildman–Crippen MR) is 80.6 cm³/mol. The zero-order valence-electron chi connectivity index (χ0n) is 12.6. The third-order valence-corrected chi connectivity index (χ3v) is 4.18. The van der Waals surface area contributed by atoms with Crippen molar-refractivity contribution in [2.24, 2.45) is 5.14 Å².